The highest BCUT2D eigenvalue weighted by Gasteiger charge is 2.19. The van der Waals surface area contributed by atoms with Crippen molar-refractivity contribution in [3.63, 3.8) is 0 Å². The van der Waals surface area contributed by atoms with Gasteiger partial charge >= 0.3 is 0 Å². The van der Waals surface area contributed by atoms with Gasteiger partial charge in [-0.05, 0) is 49.4 Å². The number of piperidine rings is 1. The molecule has 2 aliphatic heterocycles. The molecule has 6 nitrogen and oxygen atoms in total. The van der Waals surface area contributed by atoms with Gasteiger partial charge in [0, 0.05) is 64.7 Å². The van der Waals surface area contributed by atoms with Crippen molar-refractivity contribution >= 4 is 23.5 Å². The summed E-state index contributed by atoms with van der Waals surface area (Å²) in [5, 5.41) is 3.60. The van der Waals surface area contributed by atoms with Crippen LogP contribution in [0.3, 0.4) is 0 Å². The number of hydrogen-bond donors (Lipinski definition) is 1. The minimum Gasteiger partial charge on any atom is -0.378 e. The second-order valence-corrected chi connectivity index (χ2v) is 9.25. The van der Waals surface area contributed by atoms with E-state index in [-0.39, 0.29) is 0 Å². The predicted octanol–water partition coefficient (Wildman–Crippen LogP) is 4.51. The molecule has 32 heavy (non-hydrogen) atoms. The minimum atomic E-state index is 0.452. The van der Waals surface area contributed by atoms with Crippen LogP contribution in [0, 0.1) is 0 Å². The first-order valence-corrected chi connectivity index (χ1v) is 12.2. The van der Waals surface area contributed by atoms with Crippen molar-refractivity contribution in [2.45, 2.75) is 44.6 Å². The van der Waals surface area contributed by atoms with Crippen LogP contribution in [0.25, 0.3) is 6.08 Å². The fourth-order valence-electron chi connectivity index (χ4n) is 4.56. The van der Waals surface area contributed by atoms with E-state index in [1.54, 1.807) is 0 Å². The van der Waals surface area contributed by atoms with Crippen molar-refractivity contribution in [3.8, 4) is 0 Å². The molecule has 0 aliphatic carbocycles. The van der Waals surface area contributed by atoms with Gasteiger partial charge in [-0.15, -0.1) is 0 Å². The highest BCUT2D eigenvalue weighted by Crippen LogP contribution is 2.20. The third-order valence-corrected chi connectivity index (χ3v) is 6.58. The van der Waals surface area contributed by atoms with Crippen molar-refractivity contribution in [1.82, 2.24) is 14.9 Å². The molecule has 0 saturated carbocycles. The Labute approximate surface area is 193 Å². The van der Waals surface area contributed by atoms with E-state index in [0.717, 1.165) is 57.3 Å². The smallest absolute Gasteiger partial charge is 0.224 e. The lowest BCUT2D eigenvalue weighted by molar-refractivity contribution is 0.240. The average Bonchev–Trinajstić information content (AvgIpc) is 3.11. The maximum atomic E-state index is 4.83. The van der Waals surface area contributed by atoms with Gasteiger partial charge < -0.3 is 15.1 Å². The van der Waals surface area contributed by atoms with E-state index in [9.17, 15) is 0 Å². The lowest BCUT2D eigenvalue weighted by atomic mass is 10.1. The molecule has 2 aliphatic rings. The lowest BCUT2D eigenvalue weighted by Crippen LogP contribution is -2.39. The van der Waals surface area contributed by atoms with E-state index in [1.165, 1.54) is 36.9 Å². The van der Waals surface area contributed by atoms with E-state index in [2.05, 4.69) is 81.6 Å². The van der Waals surface area contributed by atoms with Gasteiger partial charge in [0.05, 0.1) is 0 Å². The molecule has 1 aromatic carbocycles. The predicted molar refractivity (Wildman–Crippen MR) is 136 cm³/mol. The van der Waals surface area contributed by atoms with Crippen LogP contribution in [-0.2, 0) is 0 Å². The number of nitrogens with one attached hydrogen (secondary N) is 1. The second kappa shape index (κ2) is 11.3. The molecule has 172 valence electrons. The summed E-state index contributed by atoms with van der Waals surface area (Å²) in [6.07, 6.45) is 13.9. The SMILES string of the molecule is CN(C)c1ccc(C=CCN2CCC(Nc3nccc(N4CCCCCC4)n3)CC2)cc1. The fraction of sp³-hybridized carbons (Fsp3) is 0.538. The van der Waals surface area contributed by atoms with Gasteiger partial charge in [-0.3, -0.25) is 4.90 Å². The molecule has 3 heterocycles. The van der Waals surface area contributed by atoms with E-state index in [1.807, 2.05) is 6.20 Å². The van der Waals surface area contributed by atoms with Gasteiger partial charge in [-0.2, -0.15) is 4.98 Å². The first kappa shape index (κ1) is 22.6. The Morgan fingerprint density at radius 1 is 0.969 bits per heavy atom. The summed E-state index contributed by atoms with van der Waals surface area (Å²) in [7, 11) is 4.14. The molecule has 0 atom stereocenters. The number of likely N-dealkylation sites (tertiary alicyclic amines) is 1. The molecule has 6 heteroatoms. The van der Waals surface area contributed by atoms with Crippen LogP contribution in [0.5, 0.6) is 0 Å². The number of anilines is 3. The zero-order chi connectivity index (χ0) is 22.2. The summed E-state index contributed by atoms with van der Waals surface area (Å²) in [5.41, 5.74) is 2.49. The summed E-state index contributed by atoms with van der Waals surface area (Å²) >= 11 is 0. The van der Waals surface area contributed by atoms with Crippen LogP contribution >= 0.6 is 0 Å². The zero-order valence-electron chi connectivity index (χ0n) is 19.7. The number of benzene rings is 1. The molecule has 2 aromatic rings. The number of hydrogen-bond acceptors (Lipinski definition) is 6. The summed E-state index contributed by atoms with van der Waals surface area (Å²) in [4.78, 5) is 16.4. The topological polar surface area (TPSA) is 47.5 Å². The maximum Gasteiger partial charge on any atom is 0.224 e. The fourth-order valence-corrected chi connectivity index (χ4v) is 4.56. The Morgan fingerprint density at radius 3 is 2.38 bits per heavy atom. The second-order valence-electron chi connectivity index (χ2n) is 9.25. The van der Waals surface area contributed by atoms with Gasteiger partial charge in [-0.1, -0.05) is 37.1 Å². The molecule has 2 saturated heterocycles. The minimum absolute atomic E-state index is 0.452. The Kier molecular flexibility index (Phi) is 7.99. The first-order valence-electron chi connectivity index (χ1n) is 12.2. The molecule has 1 aromatic heterocycles. The van der Waals surface area contributed by atoms with Gasteiger partial charge in [0.1, 0.15) is 5.82 Å². The van der Waals surface area contributed by atoms with Gasteiger partial charge in [0.25, 0.3) is 0 Å². The number of rotatable bonds is 7. The molecule has 0 amide bonds. The monoisotopic (exact) mass is 434 g/mol. The molecule has 1 N–H and O–H groups in total. The molecular weight excluding hydrogens is 396 g/mol. The largest absolute Gasteiger partial charge is 0.378 e. The van der Waals surface area contributed by atoms with Crippen LogP contribution in [0.2, 0.25) is 0 Å². The first-order chi connectivity index (χ1) is 15.7. The van der Waals surface area contributed by atoms with E-state index in [0.29, 0.717) is 6.04 Å². The van der Waals surface area contributed by atoms with E-state index in [4.69, 9.17) is 4.98 Å². The van der Waals surface area contributed by atoms with Crippen LogP contribution in [0.15, 0.2) is 42.6 Å². The van der Waals surface area contributed by atoms with Crippen molar-refractivity contribution in [2.24, 2.45) is 0 Å². The van der Waals surface area contributed by atoms with E-state index >= 15 is 0 Å². The van der Waals surface area contributed by atoms with Crippen LogP contribution in [0.4, 0.5) is 17.5 Å². The van der Waals surface area contributed by atoms with E-state index < -0.39 is 0 Å². The number of nitrogens with zero attached hydrogens (tertiary/aromatic N) is 5. The zero-order valence-corrected chi connectivity index (χ0v) is 19.7. The summed E-state index contributed by atoms with van der Waals surface area (Å²) < 4.78 is 0. The molecule has 4 rings (SSSR count). The van der Waals surface area contributed by atoms with Crippen molar-refractivity contribution < 1.29 is 0 Å². The normalized spacial score (nSPS) is 18.6. The van der Waals surface area contributed by atoms with Gasteiger partial charge in [0.2, 0.25) is 5.95 Å². The number of aromatic nitrogens is 2. The third kappa shape index (κ3) is 6.45. The molecule has 0 radical (unpaired) electrons. The van der Waals surface area contributed by atoms with Crippen LogP contribution < -0.4 is 15.1 Å². The average molecular weight is 435 g/mol. The quantitative estimate of drug-likeness (QED) is 0.692. The van der Waals surface area contributed by atoms with Crippen molar-refractivity contribution in [3.05, 3.63) is 48.2 Å². The van der Waals surface area contributed by atoms with Gasteiger partial charge in [0.15, 0.2) is 0 Å². The van der Waals surface area contributed by atoms with Crippen molar-refractivity contribution in [1.29, 1.82) is 0 Å². The molecule has 0 unspecified atom stereocenters. The van der Waals surface area contributed by atoms with Crippen LogP contribution in [-0.4, -0.2) is 67.7 Å². The molecule has 2 fully saturated rings. The van der Waals surface area contributed by atoms with Gasteiger partial charge in [-0.25, -0.2) is 4.98 Å². The van der Waals surface area contributed by atoms with Crippen LogP contribution in [0.1, 0.15) is 44.1 Å². The summed E-state index contributed by atoms with van der Waals surface area (Å²) in [6.45, 7) is 5.44. The summed E-state index contributed by atoms with van der Waals surface area (Å²) in [6, 6.07) is 11.2. The highest BCUT2D eigenvalue weighted by molar-refractivity contribution is 5.55. The molecular formula is C26H38N6. The Morgan fingerprint density at radius 2 is 1.69 bits per heavy atom. The molecule has 0 spiro atoms. The Hall–Kier alpha value is -2.60. The highest BCUT2D eigenvalue weighted by atomic mass is 15.2. The lowest BCUT2D eigenvalue weighted by Gasteiger charge is -2.31. The van der Waals surface area contributed by atoms with Crippen molar-refractivity contribution in [2.75, 3.05) is 61.9 Å². The Bertz CT molecular complexity index is 847. The molecule has 0 bridgehead atoms. The third-order valence-electron chi connectivity index (χ3n) is 6.58. The maximum absolute atomic E-state index is 4.83. The summed E-state index contributed by atoms with van der Waals surface area (Å²) in [5.74, 6) is 1.86. The standard InChI is InChI=1S/C26H38N6/c1-30(2)24-11-9-22(10-12-24)8-7-17-31-20-14-23(15-21-31)28-26-27-16-13-25(29-26)32-18-5-3-4-6-19-32/h7-13,16,23H,3-6,14-15,17-21H2,1-2H3,(H,27,28,29). The Balaban J connectivity index is 1.22.